The van der Waals surface area contributed by atoms with Crippen molar-refractivity contribution in [3.05, 3.63) is 88.9 Å². The van der Waals surface area contributed by atoms with Crippen molar-refractivity contribution in [1.82, 2.24) is 9.55 Å². The standard InChI is InChI=1S/C20H15FN2O/c21-19-10-2-1-9-18(19)16-11-14-23(20(24)15-16)13-6-4-8-17-7-3-5-12-22-17/h1-3,5,7,9-12,14-15H,6,13H2. The predicted molar refractivity (Wildman–Crippen MR) is 91.8 cm³/mol. The molecule has 0 spiro atoms. The largest absolute Gasteiger partial charge is 0.315 e. The molecular weight excluding hydrogens is 303 g/mol. The first kappa shape index (κ1) is 15.7. The summed E-state index contributed by atoms with van der Waals surface area (Å²) < 4.78 is 15.4. The summed E-state index contributed by atoms with van der Waals surface area (Å²) in [6.07, 6.45) is 3.90. The van der Waals surface area contributed by atoms with Crippen molar-refractivity contribution in [1.29, 1.82) is 0 Å². The minimum absolute atomic E-state index is 0.171. The molecule has 4 heteroatoms. The summed E-state index contributed by atoms with van der Waals surface area (Å²) in [4.78, 5) is 16.3. The van der Waals surface area contributed by atoms with Crippen LogP contribution in [0, 0.1) is 17.7 Å². The minimum Gasteiger partial charge on any atom is -0.315 e. The Morgan fingerprint density at radius 2 is 1.92 bits per heavy atom. The van der Waals surface area contributed by atoms with E-state index >= 15 is 0 Å². The van der Waals surface area contributed by atoms with Crippen LogP contribution in [0.5, 0.6) is 0 Å². The Bertz CT molecular complexity index is 952. The molecule has 24 heavy (non-hydrogen) atoms. The van der Waals surface area contributed by atoms with Crippen LogP contribution in [-0.4, -0.2) is 9.55 Å². The van der Waals surface area contributed by atoms with Crippen molar-refractivity contribution in [3.8, 4) is 23.0 Å². The van der Waals surface area contributed by atoms with Gasteiger partial charge in [-0.1, -0.05) is 30.2 Å². The van der Waals surface area contributed by atoms with Gasteiger partial charge in [0.2, 0.25) is 0 Å². The molecule has 0 unspecified atom stereocenters. The van der Waals surface area contributed by atoms with Crippen LogP contribution in [0.4, 0.5) is 4.39 Å². The lowest BCUT2D eigenvalue weighted by atomic mass is 10.1. The van der Waals surface area contributed by atoms with Crippen molar-refractivity contribution in [2.24, 2.45) is 0 Å². The zero-order valence-corrected chi connectivity index (χ0v) is 12.9. The quantitative estimate of drug-likeness (QED) is 0.693. The van der Waals surface area contributed by atoms with Gasteiger partial charge in [0.15, 0.2) is 0 Å². The van der Waals surface area contributed by atoms with Gasteiger partial charge in [-0.3, -0.25) is 4.79 Å². The smallest absolute Gasteiger partial charge is 0.251 e. The Labute approximate surface area is 139 Å². The third kappa shape index (κ3) is 3.76. The van der Waals surface area contributed by atoms with E-state index in [4.69, 9.17) is 0 Å². The molecule has 3 rings (SSSR count). The lowest BCUT2D eigenvalue weighted by molar-refractivity contribution is 0.631. The fraction of sp³-hybridized carbons (Fsp3) is 0.100. The molecule has 0 amide bonds. The van der Waals surface area contributed by atoms with Crippen molar-refractivity contribution in [3.63, 3.8) is 0 Å². The number of benzene rings is 1. The molecule has 0 radical (unpaired) electrons. The Morgan fingerprint density at radius 1 is 1.08 bits per heavy atom. The Kier molecular flexibility index (Phi) is 4.83. The highest BCUT2D eigenvalue weighted by molar-refractivity contribution is 5.63. The van der Waals surface area contributed by atoms with Crippen LogP contribution in [0.15, 0.2) is 71.8 Å². The van der Waals surface area contributed by atoms with E-state index in [0.29, 0.717) is 29.8 Å². The average molecular weight is 318 g/mol. The fourth-order valence-corrected chi connectivity index (χ4v) is 2.32. The van der Waals surface area contributed by atoms with Gasteiger partial charge >= 0.3 is 0 Å². The fourth-order valence-electron chi connectivity index (χ4n) is 2.32. The van der Waals surface area contributed by atoms with Crippen molar-refractivity contribution in [2.45, 2.75) is 13.0 Å². The summed E-state index contributed by atoms with van der Waals surface area (Å²) in [5.74, 6) is 5.62. The van der Waals surface area contributed by atoms with Gasteiger partial charge < -0.3 is 4.57 Å². The van der Waals surface area contributed by atoms with Crippen LogP contribution in [-0.2, 0) is 6.54 Å². The molecule has 0 atom stereocenters. The number of halogens is 1. The van der Waals surface area contributed by atoms with E-state index in [2.05, 4.69) is 16.8 Å². The third-order valence-electron chi connectivity index (χ3n) is 3.54. The molecule has 3 nitrogen and oxygen atoms in total. The van der Waals surface area contributed by atoms with Gasteiger partial charge in [-0.05, 0) is 35.7 Å². The maximum Gasteiger partial charge on any atom is 0.251 e. The van der Waals surface area contributed by atoms with Gasteiger partial charge in [-0.2, -0.15) is 0 Å². The molecule has 0 aliphatic carbocycles. The summed E-state index contributed by atoms with van der Waals surface area (Å²) in [5.41, 5.74) is 1.54. The normalized spacial score (nSPS) is 10.0. The van der Waals surface area contributed by atoms with Gasteiger partial charge in [0.25, 0.3) is 5.56 Å². The van der Waals surface area contributed by atoms with Crippen molar-refractivity contribution < 1.29 is 4.39 Å². The van der Waals surface area contributed by atoms with Gasteiger partial charge in [0, 0.05) is 37.0 Å². The number of aromatic nitrogens is 2. The Hall–Kier alpha value is -3.19. The van der Waals surface area contributed by atoms with Gasteiger partial charge in [0.1, 0.15) is 11.5 Å². The number of hydrogen-bond donors (Lipinski definition) is 0. The van der Waals surface area contributed by atoms with Crippen LogP contribution in [0.2, 0.25) is 0 Å². The first-order valence-corrected chi connectivity index (χ1v) is 7.59. The number of pyridine rings is 2. The van der Waals surface area contributed by atoms with E-state index < -0.39 is 0 Å². The average Bonchev–Trinajstić information content (AvgIpc) is 2.61. The topological polar surface area (TPSA) is 34.9 Å². The van der Waals surface area contributed by atoms with Crippen molar-refractivity contribution >= 4 is 0 Å². The maximum atomic E-state index is 13.8. The summed E-state index contributed by atoms with van der Waals surface area (Å²) >= 11 is 0. The zero-order valence-electron chi connectivity index (χ0n) is 12.9. The van der Waals surface area contributed by atoms with Crippen LogP contribution in [0.25, 0.3) is 11.1 Å². The zero-order chi connectivity index (χ0) is 16.8. The summed E-state index contributed by atoms with van der Waals surface area (Å²) in [6.45, 7) is 0.482. The Morgan fingerprint density at radius 3 is 2.67 bits per heavy atom. The molecule has 0 aliphatic rings. The lowest BCUT2D eigenvalue weighted by Gasteiger charge is -2.06. The maximum absolute atomic E-state index is 13.8. The van der Waals surface area contributed by atoms with E-state index in [-0.39, 0.29) is 11.4 Å². The summed E-state index contributed by atoms with van der Waals surface area (Å²) in [5, 5.41) is 0. The SMILES string of the molecule is O=c1cc(-c2ccccc2F)ccn1CCC#Cc1ccccn1. The van der Waals surface area contributed by atoms with Crippen molar-refractivity contribution in [2.75, 3.05) is 0 Å². The summed E-state index contributed by atoms with van der Waals surface area (Å²) in [6, 6.07) is 15.2. The molecule has 0 fully saturated rings. The van der Waals surface area contributed by atoms with Crippen LogP contribution in [0.3, 0.4) is 0 Å². The molecule has 0 saturated heterocycles. The van der Waals surface area contributed by atoms with E-state index in [1.165, 1.54) is 12.1 Å². The molecule has 0 bridgehead atoms. The van der Waals surface area contributed by atoms with Gasteiger partial charge in [-0.15, -0.1) is 0 Å². The van der Waals surface area contributed by atoms with Crippen LogP contribution >= 0.6 is 0 Å². The molecule has 0 aliphatic heterocycles. The highest BCUT2D eigenvalue weighted by atomic mass is 19.1. The monoisotopic (exact) mass is 318 g/mol. The molecular formula is C20H15FN2O. The minimum atomic E-state index is -0.337. The second kappa shape index (κ2) is 7.38. The van der Waals surface area contributed by atoms with E-state index in [1.807, 2.05) is 18.2 Å². The molecule has 3 aromatic rings. The molecule has 2 aromatic heterocycles. The van der Waals surface area contributed by atoms with Crippen LogP contribution < -0.4 is 5.56 Å². The second-order valence-electron chi connectivity index (χ2n) is 5.19. The van der Waals surface area contributed by atoms with E-state index in [9.17, 15) is 9.18 Å². The number of nitrogens with zero attached hydrogens (tertiary/aromatic N) is 2. The molecule has 2 heterocycles. The second-order valence-corrected chi connectivity index (χ2v) is 5.19. The molecule has 118 valence electrons. The summed E-state index contributed by atoms with van der Waals surface area (Å²) in [7, 11) is 0. The first-order valence-electron chi connectivity index (χ1n) is 7.59. The van der Waals surface area contributed by atoms with Crippen LogP contribution in [0.1, 0.15) is 12.1 Å². The molecule has 1 aromatic carbocycles. The predicted octanol–water partition coefficient (Wildman–Crippen LogP) is 3.49. The Balaban J connectivity index is 1.71. The molecule has 0 N–H and O–H groups in total. The van der Waals surface area contributed by atoms with Gasteiger partial charge in [-0.25, -0.2) is 9.37 Å². The highest BCUT2D eigenvalue weighted by Crippen LogP contribution is 2.20. The highest BCUT2D eigenvalue weighted by Gasteiger charge is 2.05. The van der Waals surface area contributed by atoms with Gasteiger partial charge in [0.05, 0.1) is 0 Å². The first-order chi connectivity index (χ1) is 11.7. The van der Waals surface area contributed by atoms with E-state index in [0.717, 1.165) is 0 Å². The molecule has 0 saturated carbocycles. The number of aryl methyl sites for hydroxylation is 1. The lowest BCUT2D eigenvalue weighted by Crippen LogP contribution is -2.18. The third-order valence-corrected chi connectivity index (χ3v) is 3.54. The van der Waals surface area contributed by atoms with E-state index in [1.54, 1.807) is 41.2 Å². The number of rotatable bonds is 3. The number of hydrogen-bond acceptors (Lipinski definition) is 2.